The van der Waals surface area contributed by atoms with Crippen LogP contribution in [-0.2, 0) is 9.53 Å². The Balaban J connectivity index is 2.45. The largest absolute Gasteiger partial charge is 0.379 e. The van der Waals surface area contributed by atoms with Crippen molar-refractivity contribution in [1.82, 2.24) is 10.6 Å². The fourth-order valence-electron chi connectivity index (χ4n) is 1.69. The second-order valence-electron chi connectivity index (χ2n) is 4.09. The van der Waals surface area contributed by atoms with Crippen LogP contribution >= 0.6 is 0 Å². The molecule has 1 fully saturated rings. The van der Waals surface area contributed by atoms with Gasteiger partial charge in [0.15, 0.2) is 0 Å². The molecule has 1 saturated heterocycles. The summed E-state index contributed by atoms with van der Waals surface area (Å²) in [5, 5.41) is 4.82. The van der Waals surface area contributed by atoms with Crippen LogP contribution < -0.4 is 10.6 Å². The van der Waals surface area contributed by atoms with E-state index in [1.807, 2.05) is 12.2 Å². The quantitative estimate of drug-likeness (QED) is 0.697. The van der Waals surface area contributed by atoms with E-state index in [1.54, 1.807) is 0 Å². The number of halogens is 4. The first-order chi connectivity index (χ1) is 8.38. The molecule has 1 aliphatic heterocycles. The number of carbonyl (C=O) groups is 1. The van der Waals surface area contributed by atoms with E-state index in [2.05, 4.69) is 5.32 Å². The molecule has 2 atom stereocenters. The molecule has 1 rings (SSSR count). The molecule has 2 N–H and O–H groups in total. The van der Waals surface area contributed by atoms with Crippen LogP contribution in [-0.4, -0.2) is 50.6 Å². The predicted octanol–water partition coefficient (Wildman–Crippen LogP) is 0.627. The number of nitrogens with one attached hydrogen (secondary N) is 2. The number of alkyl halides is 4. The van der Waals surface area contributed by atoms with Gasteiger partial charge in [-0.05, 0) is 6.54 Å². The predicted molar refractivity (Wildman–Crippen MR) is 55.7 cm³/mol. The van der Waals surface area contributed by atoms with Gasteiger partial charge in [0.1, 0.15) is 0 Å². The van der Waals surface area contributed by atoms with Crippen molar-refractivity contribution in [1.29, 1.82) is 0 Å². The highest BCUT2D eigenvalue weighted by Crippen LogP contribution is 2.22. The van der Waals surface area contributed by atoms with Crippen LogP contribution in [0.5, 0.6) is 0 Å². The summed E-state index contributed by atoms with van der Waals surface area (Å²) in [6.07, 6.45) is -3.79. The van der Waals surface area contributed by atoms with Gasteiger partial charge in [-0.2, -0.15) is 8.78 Å². The van der Waals surface area contributed by atoms with E-state index in [0.717, 1.165) is 0 Å². The molecule has 0 spiro atoms. The van der Waals surface area contributed by atoms with E-state index in [1.165, 1.54) is 0 Å². The van der Waals surface area contributed by atoms with Crippen molar-refractivity contribution in [2.24, 2.45) is 5.92 Å². The third kappa shape index (κ3) is 3.81. The maximum absolute atomic E-state index is 12.6. The lowest BCUT2D eigenvalue weighted by molar-refractivity contribution is -0.139. The van der Waals surface area contributed by atoms with Crippen molar-refractivity contribution in [2.75, 3.05) is 26.3 Å². The van der Waals surface area contributed by atoms with Crippen LogP contribution in [0.1, 0.15) is 6.92 Å². The molecule has 0 aliphatic carbocycles. The molecule has 0 aromatic rings. The molecule has 1 heterocycles. The van der Waals surface area contributed by atoms with Gasteiger partial charge in [-0.15, -0.1) is 0 Å². The van der Waals surface area contributed by atoms with Crippen LogP contribution in [0.2, 0.25) is 0 Å². The van der Waals surface area contributed by atoms with Gasteiger partial charge in [0.25, 0.3) is 0 Å². The van der Waals surface area contributed by atoms with Gasteiger partial charge in [0.05, 0.1) is 25.7 Å². The van der Waals surface area contributed by atoms with Crippen molar-refractivity contribution in [3.63, 3.8) is 0 Å². The van der Waals surface area contributed by atoms with Crippen LogP contribution in [0.4, 0.5) is 17.6 Å². The minimum atomic E-state index is -4.21. The molecular formula is C10H16F4N2O2. The van der Waals surface area contributed by atoms with Crippen LogP contribution in [0.15, 0.2) is 0 Å². The van der Waals surface area contributed by atoms with E-state index >= 15 is 0 Å². The normalized spacial score (nSPS) is 24.6. The minimum Gasteiger partial charge on any atom is -0.379 e. The van der Waals surface area contributed by atoms with Crippen molar-refractivity contribution in [3.05, 3.63) is 0 Å². The molecule has 1 aliphatic rings. The van der Waals surface area contributed by atoms with Gasteiger partial charge in [-0.3, -0.25) is 4.79 Å². The maximum Gasteiger partial charge on any atom is 0.324 e. The average Bonchev–Trinajstić information content (AvgIpc) is 2.74. The summed E-state index contributed by atoms with van der Waals surface area (Å²) in [5.41, 5.74) is 0. The molecule has 1 amide bonds. The first-order valence-corrected chi connectivity index (χ1v) is 5.63. The van der Waals surface area contributed by atoms with Gasteiger partial charge < -0.3 is 15.4 Å². The molecule has 0 aromatic heterocycles. The van der Waals surface area contributed by atoms with Crippen molar-refractivity contribution < 1.29 is 27.1 Å². The lowest BCUT2D eigenvalue weighted by atomic mass is 10.0. The van der Waals surface area contributed by atoms with Crippen molar-refractivity contribution in [2.45, 2.75) is 25.3 Å². The Morgan fingerprint density at radius 3 is 2.67 bits per heavy atom. The Kier molecular flexibility index (Phi) is 5.33. The Bertz CT molecular complexity index is 289. The summed E-state index contributed by atoms with van der Waals surface area (Å²) in [5.74, 6) is -5.53. The second-order valence-corrected chi connectivity index (χ2v) is 4.09. The van der Waals surface area contributed by atoms with E-state index in [0.29, 0.717) is 13.2 Å². The molecule has 0 aromatic carbocycles. The summed E-state index contributed by atoms with van der Waals surface area (Å²) in [4.78, 5) is 11.6. The van der Waals surface area contributed by atoms with Gasteiger partial charge in [-0.25, -0.2) is 8.78 Å². The Hall–Kier alpha value is -0.890. The van der Waals surface area contributed by atoms with Crippen molar-refractivity contribution in [3.8, 4) is 0 Å². The van der Waals surface area contributed by atoms with Gasteiger partial charge >= 0.3 is 12.3 Å². The topological polar surface area (TPSA) is 50.4 Å². The zero-order valence-electron chi connectivity index (χ0n) is 9.89. The molecular weight excluding hydrogens is 256 g/mol. The number of amides is 1. The van der Waals surface area contributed by atoms with E-state index in [-0.39, 0.29) is 12.6 Å². The zero-order chi connectivity index (χ0) is 13.8. The molecule has 0 radical (unpaired) electrons. The minimum absolute atomic E-state index is 0.101. The fourth-order valence-corrected chi connectivity index (χ4v) is 1.69. The SMILES string of the molecule is CCNC1COCC1C(=O)NCC(F)(F)C(F)F. The summed E-state index contributed by atoms with van der Waals surface area (Å²) in [6, 6.07) is -0.268. The van der Waals surface area contributed by atoms with Crippen LogP contribution in [0, 0.1) is 5.92 Å². The van der Waals surface area contributed by atoms with Gasteiger partial charge in [-0.1, -0.05) is 6.92 Å². The highest BCUT2D eigenvalue weighted by atomic mass is 19.3. The van der Waals surface area contributed by atoms with Gasteiger partial charge in [0, 0.05) is 6.04 Å². The molecule has 18 heavy (non-hydrogen) atoms. The maximum atomic E-state index is 12.6. The Morgan fingerprint density at radius 2 is 2.11 bits per heavy atom. The molecule has 8 heteroatoms. The fraction of sp³-hybridized carbons (Fsp3) is 0.900. The number of likely N-dealkylation sites (N-methyl/N-ethyl adjacent to an activating group) is 1. The van der Waals surface area contributed by atoms with Crippen LogP contribution in [0.25, 0.3) is 0 Å². The number of rotatable bonds is 6. The lowest BCUT2D eigenvalue weighted by Crippen LogP contribution is -2.48. The first-order valence-electron chi connectivity index (χ1n) is 5.63. The zero-order valence-corrected chi connectivity index (χ0v) is 9.89. The smallest absolute Gasteiger partial charge is 0.324 e. The Morgan fingerprint density at radius 1 is 1.44 bits per heavy atom. The standard InChI is InChI=1S/C10H16F4N2O2/c1-2-15-7-4-18-3-6(7)8(17)16-5-10(13,14)9(11)12/h6-7,9,15H,2-5H2,1H3,(H,16,17). The van der Waals surface area contributed by atoms with E-state index in [4.69, 9.17) is 4.74 Å². The number of ether oxygens (including phenoxy) is 1. The van der Waals surface area contributed by atoms with Crippen LogP contribution in [0.3, 0.4) is 0 Å². The third-order valence-corrected chi connectivity index (χ3v) is 2.70. The van der Waals surface area contributed by atoms with E-state index in [9.17, 15) is 22.4 Å². The summed E-state index contributed by atoms with van der Waals surface area (Å²) >= 11 is 0. The molecule has 106 valence electrons. The summed E-state index contributed by atoms with van der Waals surface area (Å²) in [7, 11) is 0. The molecule has 0 bridgehead atoms. The first kappa shape index (κ1) is 15.2. The molecule has 2 unspecified atom stereocenters. The average molecular weight is 272 g/mol. The Labute approximate surface area is 102 Å². The highest BCUT2D eigenvalue weighted by molar-refractivity contribution is 5.79. The number of hydrogen-bond donors (Lipinski definition) is 2. The second kappa shape index (κ2) is 6.33. The number of carbonyl (C=O) groups excluding carboxylic acids is 1. The highest BCUT2D eigenvalue weighted by Gasteiger charge is 2.42. The lowest BCUT2D eigenvalue weighted by Gasteiger charge is -2.20. The van der Waals surface area contributed by atoms with E-state index < -0.39 is 30.7 Å². The molecule has 0 saturated carbocycles. The summed E-state index contributed by atoms with van der Waals surface area (Å²) in [6.45, 7) is 1.48. The third-order valence-electron chi connectivity index (χ3n) is 2.70. The van der Waals surface area contributed by atoms with Gasteiger partial charge in [0.2, 0.25) is 5.91 Å². The number of hydrogen-bond acceptors (Lipinski definition) is 3. The molecule has 4 nitrogen and oxygen atoms in total. The summed E-state index contributed by atoms with van der Waals surface area (Å²) < 4.78 is 54.1. The monoisotopic (exact) mass is 272 g/mol. The van der Waals surface area contributed by atoms with Crippen molar-refractivity contribution >= 4 is 5.91 Å².